The third-order valence-corrected chi connectivity index (χ3v) is 2.39. The summed E-state index contributed by atoms with van der Waals surface area (Å²) in [7, 11) is 0. The molecule has 0 fully saturated rings. The minimum Gasteiger partial charge on any atom is -0.359 e. The number of rotatable bonds is 4. The Morgan fingerprint density at radius 1 is 1.24 bits per heavy atom. The molecule has 0 unspecified atom stereocenters. The first-order valence-corrected chi connectivity index (χ1v) is 5.50. The van der Waals surface area contributed by atoms with Crippen LogP contribution in [0.2, 0.25) is 5.02 Å². The Balaban J connectivity index is 0. The predicted molar refractivity (Wildman–Crippen MR) is 68.4 cm³/mol. The number of halogens is 2. The molecule has 0 aliphatic heterocycles. The van der Waals surface area contributed by atoms with Gasteiger partial charge in [-0.05, 0) is 17.7 Å². The van der Waals surface area contributed by atoms with Crippen LogP contribution in [0.4, 0.5) is 4.39 Å². The molecule has 92 valence electrons. The van der Waals surface area contributed by atoms with Crippen molar-refractivity contribution in [3.63, 3.8) is 0 Å². The summed E-state index contributed by atoms with van der Waals surface area (Å²) in [5.41, 5.74) is 0.903. The smallest absolute Gasteiger partial charge is 0.359 e. The third kappa shape index (κ3) is 7.11. The molecule has 0 aliphatic rings. The number of hydrogen-bond donors (Lipinski definition) is 0. The van der Waals surface area contributed by atoms with E-state index in [2.05, 4.69) is 20.8 Å². The Hall–Kier alpha value is -0.00260. The summed E-state index contributed by atoms with van der Waals surface area (Å²) in [5.74, 6) is -0.311. The van der Waals surface area contributed by atoms with Crippen molar-refractivity contribution in [2.75, 3.05) is 13.1 Å². The average Bonchev–Trinajstić information content (AvgIpc) is 2.31. The van der Waals surface area contributed by atoms with E-state index in [-0.39, 0.29) is 24.7 Å². The van der Waals surface area contributed by atoms with E-state index < -0.39 is 0 Å². The summed E-state index contributed by atoms with van der Waals surface area (Å²) in [4.78, 5) is 2.01. The maximum Gasteiger partial charge on any atom is 1.00 e. The molecule has 0 aliphatic carbocycles. The average molecular weight is 250 g/mol. The maximum atomic E-state index is 12.7. The molecule has 0 radical (unpaired) electrons. The Morgan fingerprint density at radius 3 is 2.18 bits per heavy atom. The summed E-state index contributed by atoms with van der Waals surface area (Å²) >= 11 is 5.88. The molecule has 0 saturated carbocycles. The summed E-state index contributed by atoms with van der Waals surface area (Å²) in [6, 6.07) is 4.42. The molecule has 17 heavy (non-hydrogen) atoms. The molecule has 0 bridgehead atoms. The fraction of sp³-hybridized carbons (Fsp3) is 0.308. The van der Waals surface area contributed by atoms with Crippen molar-refractivity contribution in [1.29, 1.82) is 0 Å². The van der Waals surface area contributed by atoms with Crippen molar-refractivity contribution in [3.05, 3.63) is 55.4 Å². The number of benzene rings is 1. The van der Waals surface area contributed by atoms with Crippen LogP contribution in [0.25, 0.3) is 0 Å². The monoisotopic (exact) mass is 249 g/mol. The van der Waals surface area contributed by atoms with Crippen LogP contribution >= 0.6 is 11.6 Å². The minimum absolute atomic E-state index is 0. The van der Waals surface area contributed by atoms with Gasteiger partial charge in [-0.3, -0.25) is 0 Å². The van der Waals surface area contributed by atoms with Gasteiger partial charge in [0.05, 0.1) is 0 Å². The van der Waals surface area contributed by atoms with Gasteiger partial charge in [0.25, 0.3) is 0 Å². The van der Waals surface area contributed by atoms with Gasteiger partial charge in [0.15, 0.2) is 0 Å². The van der Waals surface area contributed by atoms with Crippen LogP contribution < -0.4 is 18.9 Å². The second kappa shape index (κ2) is 11.1. The molecule has 1 nitrogen and oxygen atoms in total. The normalized spacial score (nSPS) is 9.35. The van der Waals surface area contributed by atoms with Crippen molar-refractivity contribution >= 4 is 11.6 Å². The van der Waals surface area contributed by atoms with E-state index in [1.165, 1.54) is 12.1 Å². The van der Waals surface area contributed by atoms with E-state index in [9.17, 15) is 4.39 Å². The first-order valence-electron chi connectivity index (χ1n) is 5.13. The van der Waals surface area contributed by atoms with E-state index in [0.717, 1.165) is 5.56 Å². The third-order valence-electron chi connectivity index (χ3n) is 2.04. The van der Waals surface area contributed by atoms with Crippen LogP contribution in [0.3, 0.4) is 0 Å². The molecule has 0 atom stereocenters. The zero-order valence-electron chi connectivity index (χ0n) is 10.7. The second-order valence-electron chi connectivity index (χ2n) is 3.01. The fourth-order valence-corrected chi connectivity index (χ4v) is 1.39. The maximum absolute atomic E-state index is 12.7. The fourth-order valence-electron chi connectivity index (χ4n) is 1.16. The van der Waals surface area contributed by atoms with Gasteiger partial charge in [-0.25, -0.2) is 4.39 Å². The van der Waals surface area contributed by atoms with E-state index in [1.54, 1.807) is 13.0 Å². The van der Waals surface area contributed by atoms with E-state index in [0.29, 0.717) is 24.7 Å². The Bertz CT molecular complexity index is 303. The Morgan fingerprint density at radius 2 is 1.76 bits per heavy atom. The van der Waals surface area contributed by atoms with Crippen molar-refractivity contribution in [1.82, 2.24) is 4.90 Å². The topological polar surface area (TPSA) is 3.24 Å². The van der Waals surface area contributed by atoms with Crippen LogP contribution in [-0.2, 0) is 6.54 Å². The quantitative estimate of drug-likeness (QED) is 0.564. The summed E-state index contributed by atoms with van der Waals surface area (Å²) in [5, 5.41) is 0.455. The molecule has 0 aromatic heterocycles. The first-order chi connectivity index (χ1) is 7.67. The summed E-state index contributed by atoms with van der Waals surface area (Å²) in [6.07, 6.45) is 0. The van der Waals surface area contributed by atoms with Crippen molar-refractivity contribution in [2.24, 2.45) is 0 Å². The zero-order chi connectivity index (χ0) is 12.6. The van der Waals surface area contributed by atoms with Gasteiger partial charge >= 0.3 is 18.9 Å². The molecule has 0 heterocycles. The van der Waals surface area contributed by atoms with Crippen LogP contribution in [0.1, 0.15) is 12.5 Å². The molecule has 1 rings (SSSR count). The Kier molecular flexibility index (Phi) is 12.6. The van der Waals surface area contributed by atoms with E-state index >= 15 is 0 Å². The van der Waals surface area contributed by atoms with Gasteiger partial charge in [0.1, 0.15) is 5.82 Å². The van der Waals surface area contributed by atoms with Gasteiger partial charge in [-0.1, -0.05) is 17.7 Å². The minimum atomic E-state index is -0.311. The molecule has 0 saturated heterocycles. The molecule has 0 spiro atoms. The van der Waals surface area contributed by atoms with Gasteiger partial charge < -0.3 is 25.7 Å². The van der Waals surface area contributed by atoms with Crippen LogP contribution in [0.5, 0.6) is 0 Å². The van der Waals surface area contributed by atoms with E-state index in [1.807, 2.05) is 4.90 Å². The van der Waals surface area contributed by atoms with E-state index in [4.69, 9.17) is 11.6 Å². The van der Waals surface area contributed by atoms with Crippen LogP contribution in [0.15, 0.2) is 18.2 Å². The second-order valence-corrected chi connectivity index (χ2v) is 3.42. The van der Waals surface area contributed by atoms with Crippen molar-refractivity contribution in [2.45, 2.75) is 13.5 Å². The Labute approximate surface area is 122 Å². The molecular weight excluding hydrogens is 232 g/mol. The predicted octanol–water partition coefficient (Wildman–Crippen LogP) is 0.794. The van der Waals surface area contributed by atoms with Gasteiger partial charge in [0, 0.05) is 11.6 Å². The van der Waals surface area contributed by atoms with Crippen molar-refractivity contribution < 1.29 is 23.3 Å². The number of hydrogen-bond acceptors (Lipinski definition) is 1. The zero-order valence-corrected chi connectivity index (χ0v) is 11.4. The van der Waals surface area contributed by atoms with Gasteiger partial charge in [-0.2, -0.15) is 6.92 Å². The van der Waals surface area contributed by atoms with Gasteiger partial charge in [-0.15, -0.1) is 13.1 Å². The van der Waals surface area contributed by atoms with Crippen molar-refractivity contribution in [3.8, 4) is 0 Å². The first kappa shape index (κ1) is 19.3. The van der Waals surface area contributed by atoms with Crippen LogP contribution in [-0.4, -0.2) is 18.0 Å². The summed E-state index contributed by atoms with van der Waals surface area (Å²) < 4.78 is 12.7. The molecule has 1 aromatic carbocycles. The SMILES string of the molecule is [CH2-]C.[CH2-]CN(C[CH2-])Cc1ccc(F)cc1Cl.[Li+]. The molecule has 0 amide bonds. The summed E-state index contributed by atoms with van der Waals surface area (Å²) in [6.45, 7) is 14.5. The molecule has 0 N–H and O–H groups in total. The van der Waals surface area contributed by atoms with Crippen LogP contribution in [0, 0.1) is 26.6 Å². The number of nitrogens with zero attached hydrogens (tertiary/aromatic N) is 1. The molecule has 4 heteroatoms. The molecule has 1 aromatic rings. The standard InChI is InChI=1S/C11H13ClFN.C2H5.Li/c1-3-14(4-2)8-9-5-6-10(13)7-11(9)12;1-2;/h5-7H,1-4,8H2;1H2,2H3;/q-2;-1;+1. The molecular formula is C13H18ClFLiN-2. The largest absolute Gasteiger partial charge is 1.00 e. The van der Waals surface area contributed by atoms with Gasteiger partial charge in [0.2, 0.25) is 0 Å².